The summed E-state index contributed by atoms with van der Waals surface area (Å²) in [5, 5.41) is 0. The molecule has 1 aromatic carbocycles. The molecule has 0 saturated carbocycles. The Morgan fingerprint density at radius 3 is 2.08 bits per heavy atom. The number of imide groups is 1. The molecule has 0 spiro atoms. The van der Waals surface area contributed by atoms with Crippen LogP contribution >= 0.6 is 0 Å². The standard InChI is InChI=1S/C21H28N2O3/c1-13(2)23-20(24)18(16-6-8-17(26-5)9-7-16)19(21(23)25)22-11-14(3)10-15(4)12-22/h6-9,13-15H,10-12H2,1-5H3. The first kappa shape index (κ1) is 18.5. The van der Waals surface area contributed by atoms with Gasteiger partial charge in [-0.15, -0.1) is 0 Å². The number of methoxy groups -OCH3 is 1. The van der Waals surface area contributed by atoms with Crippen molar-refractivity contribution in [3.8, 4) is 5.75 Å². The summed E-state index contributed by atoms with van der Waals surface area (Å²) in [5.74, 6) is 1.36. The van der Waals surface area contributed by atoms with Crippen molar-refractivity contribution in [1.29, 1.82) is 0 Å². The first-order valence-corrected chi connectivity index (χ1v) is 9.35. The zero-order valence-corrected chi connectivity index (χ0v) is 16.3. The van der Waals surface area contributed by atoms with Gasteiger partial charge in [-0.1, -0.05) is 26.0 Å². The van der Waals surface area contributed by atoms with Gasteiger partial charge in [-0.2, -0.15) is 0 Å². The second-order valence-electron chi connectivity index (χ2n) is 7.88. The van der Waals surface area contributed by atoms with Crippen molar-refractivity contribution >= 4 is 17.4 Å². The van der Waals surface area contributed by atoms with Gasteiger partial charge in [0.05, 0.1) is 12.7 Å². The highest BCUT2D eigenvalue weighted by Crippen LogP contribution is 2.36. The molecule has 140 valence electrons. The van der Waals surface area contributed by atoms with E-state index in [1.165, 1.54) is 4.90 Å². The highest BCUT2D eigenvalue weighted by Gasteiger charge is 2.43. The van der Waals surface area contributed by atoms with E-state index < -0.39 is 0 Å². The zero-order chi connectivity index (χ0) is 19.0. The minimum atomic E-state index is -0.198. The molecular weight excluding hydrogens is 328 g/mol. The lowest BCUT2D eigenvalue weighted by Crippen LogP contribution is -2.43. The van der Waals surface area contributed by atoms with E-state index in [1.807, 2.05) is 38.1 Å². The van der Waals surface area contributed by atoms with Crippen molar-refractivity contribution in [3.63, 3.8) is 0 Å². The van der Waals surface area contributed by atoms with Crippen LogP contribution in [0.3, 0.4) is 0 Å². The number of rotatable bonds is 4. The van der Waals surface area contributed by atoms with Gasteiger partial charge in [-0.05, 0) is 49.8 Å². The Labute approximate surface area is 155 Å². The number of carbonyl (C=O) groups excluding carboxylic acids is 2. The van der Waals surface area contributed by atoms with E-state index >= 15 is 0 Å². The first-order chi connectivity index (χ1) is 12.3. The second kappa shape index (κ2) is 7.14. The summed E-state index contributed by atoms with van der Waals surface area (Å²) in [6, 6.07) is 7.22. The third kappa shape index (κ3) is 3.22. The SMILES string of the molecule is COc1ccc(C2=C(N3CC(C)CC(C)C3)C(=O)N(C(C)C)C2=O)cc1. The molecule has 2 aliphatic rings. The molecule has 2 heterocycles. The number of piperidine rings is 1. The molecule has 2 aliphatic heterocycles. The molecule has 3 rings (SSSR count). The Kier molecular flexibility index (Phi) is 5.08. The van der Waals surface area contributed by atoms with Gasteiger partial charge in [0.25, 0.3) is 11.8 Å². The third-order valence-corrected chi connectivity index (χ3v) is 5.17. The molecule has 2 amide bonds. The Balaban J connectivity index is 2.09. The third-order valence-electron chi connectivity index (χ3n) is 5.17. The quantitative estimate of drug-likeness (QED) is 0.778. The topological polar surface area (TPSA) is 49.9 Å². The van der Waals surface area contributed by atoms with Gasteiger partial charge < -0.3 is 9.64 Å². The van der Waals surface area contributed by atoms with Crippen molar-refractivity contribution in [2.45, 2.75) is 40.2 Å². The van der Waals surface area contributed by atoms with E-state index in [-0.39, 0.29) is 17.9 Å². The number of hydrogen-bond donors (Lipinski definition) is 0. The average molecular weight is 356 g/mol. The van der Waals surface area contributed by atoms with Crippen LogP contribution in [-0.2, 0) is 9.59 Å². The van der Waals surface area contributed by atoms with E-state index in [9.17, 15) is 9.59 Å². The summed E-state index contributed by atoms with van der Waals surface area (Å²) >= 11 is 0. The lowest BCUT2D eigenvalue weighted by molar-refractivity contribution is -0.139. The number of carbonyl (C=O) groups is 2. The predicted molar refractivity (Wildman–Crippen MR) is 101 cm³/mol. The van der Waals surface area contributed by atoms with Crippen LogP contribution in [0.25, 0.3) is 5.57 Å². The summed E-state index contributed by atoms with van der Waals surface area (Å²) in [4.78, 5) is 29.8. The minimum Gasteiger partial charge on any atom is -0.497 e. The predicted octanol–water partition coefficient (Wildman–Crippen LogP) is 3.16. The van der Waals surface area contributed by atoms with Gasteiger partial charge in [0.1, 0.15) is 11.4 Å². The number of likely N-dealkylation sites (tertiary alicyclic amines) is 1. The summed E-state index contributed by atoms with van der Waals surface area (Å²) < 4.78 is 5.22. The van der Waals surface area contributed by atoms with Crippen molar-refractivity contribution < 1.29 is 14.3 Å². The van der Waals surface area contributed by atoms with Crippen LogP contribution in [0.5, 0.6) is 5.75 Å². The maximum atomic E-state index is 13.2. The molecule has 0 aromatic heterocycles. The second-order valence-corrected chi connectivity index (χ2v) is 7.88. The number of benzene rings is 1. The number of ether oxygens (including phenoxy) is 1. The monoisotopic (exact) mass is 356 g/mol. The molecule has 0 radical (unpaired) electrons. The van der Waals surface area contributed by atoms with Crippen molar-refractivity contribution in [1.82, 2.24) is 9.80 Å². The van der Waals surface area contributed by atoms with Crippen LogP contribution < -0.4 is 4.74 Å². The van der Waals surface area contributed by atoms with Gasteiger partial charge in [0.15, 0.2) is 0 Å². The highest BCUT2D eigenvalue weighted by molar-refractivity contribution is 6.35. The maximum absolute atomic E-state index is 13.2. The lowest BCUT2D eigenvalue weighted by Gasteiger charge is -2.37. The minimum absolute atomic E-state index is 0.166. The fourth-order valence-corrected chi connectivity index (χ4v) is 4.16. The molecule has 5 heteroatoms. The van der Waals surface area contributed by atoms with E-state index in [1.54, 1.807) is 7.11 Å². The van der Waals surface area contributed by atoms with Crippen LogP contribution in [0.2, 0.25) is 0 Å². The lowest BCUT2D eigenvalue weighted by atomic mass is 9.91. The molecule has 26 heavy (non-hydrogen) atoms. The first-order valence-electron chi connectivity index (χ1n) is 9.35. The largest absolute Gasteiger partial charge is 0.497 e. The maximum Gasteiger partial charge on any atom is 0.278 e. The van der Waals surface area contributed by atoms with Gasteiger partial charge in [-0.25, -0.2) is 0 Å². The number of nitrogens with zero attached hydrogens (tertiary/aromatic N) is 2. The van der Waals surface area contributed by atoms with E-state index in [2.05, 4.69) is 18.7 Å². The molecule has 2 unspecified atom stereocenters. The fourth-order valence-electron chi connectivity index (χ4n) is 4.16. The van der Waals surface area contributed by atoms with Crippen LogP contribution in [0.15, 0.2) is 30.0 Å². The fraction of sp³-hybridized carbons (Fsp3) is 0.524. The van der Waals surface area contributed by atoms with Crippen molar-refractivity contribution in [2.75, 3.05) is 20.2 Å². The normalized spacial score (nSPS) is 24.1. The molecule has 2 atom stereocenters. The van der Waals surface area contributed by atoms with E-state index in [4.69, 9.17) is 4.74 Å². The molecule has 1 saturated heterocycles. The summed E-state index contributed by atoms with van der Waals surface area (Å²) in [7, 11) is 1.61. The Morgan fingerprint density at radius 1 is 1.00 bits per heavy atom. The molecule has 1 aromatic rings. The average Bonchev–Trinajstić information content (AvgIpc) is 2.84. The summed E-state index contributed by atoms with van der Waals surface area (Å²) in [6.07, 6.45) is 1.15. The number of hydrogen-bond acceptors (Lipinski definition) is 4. The van der Waals surface area contributed by atoms with E-state index in [0.29, 0.717) is 23.1 Å². The highest BCUT2D eigenvalue weighted by atomic mass is 16.5. The smallest absolute Gasteiger partial charge is 0.278 e. The Hall–Kier alpha value is -2.30. The molecule has 0 N–H and O–H groups in total. The van der Waals surface area contributed by atoms with Crippen LogP contribution in [0, 0.1) is 11.8 Å². The van der Waals surface area contributed by atoms with Crippen molar-refractivity contribution in [3.05, 3.63) is 35.5 Å². The van der Waals surface area contributed by atoms with E-state index in [0.717, 1.165) is 30.8 Å². The molecule has 0 aliphatic carbocycles. The Bertz CT molecular complexity index is 726. The molecule has 5 nitrogen and oxygen atoms in total. The van der Waals surface area contributed by atoms with Gasteiger partial charge in [0, 0.05) is 19.1 Å². The van der Waals surface area contributed by atoms with Crippen LogP contribution in [-0.4, -0.2) is 47.9 Å². The van der Waals surface area contributed by atoms with Gasteiger partial charge >= 0.3 is 0 Å². The summed E-state index contributed by atoms with van der Waals surface area (Å²) in [5.41, 5.74) is 1.85. The van der Waals surface area contributed by atoms with Gasteiger partial charge in [-0.3, -0.25) is 14.5 Å². The molecule has 1 fully saturated rings. The Morgan fingerprint density at radius 2 is 1.58 bits per heavy atom. The molecule has 0 bridgehead atoms. The van der Waals surface area contributed by atoms with Crippen LogP contribution in [0.1, 0.15) is 39.7 Å². The number of amides is 2. The molecular formula is C21H28N2O3. The van der Waals surface area contributed by atoms with Crippen molar-refractivity contribution in [2.24, 2.45) is 11.8 Å². The summed E-state index contributed by atoms with van der Waals surface area (Å²) in [6.45, 7) is 9.79. The van der Waals surface area contributed by atoms with Crippen LogP contribution in [0.4, 0.5) is 0 Å². The zero-order valence-electron chi connectivity index (χ0n) is 16.3. The van der Waals surface area contributed by atoms with Gasteiger partial charge in [0.2, 0.25) is 0 Å².